The van der Waals surface area contributed by atoms with Crippen molar-refractivity contribution in [3.8, 4) is 0 Å². The Morgan fingerprint density at radius 3 is 2.78 bits per heavy atom. The summed E-state index contributed by atoms with van der Waals surface area (Å²) in [5.74, 6) is 0.354. The molecule has 0 bridgehead atoms. The lowest BCUT2D eigenvalue weighted by Crippen LogP contribution is -2.08. The number of nitrogens with one attached hydrogen (secondary N) is 1. The zero-order valence-corrected chi connectivity index (χ0v) is 15.1. The molecule has 2 aromatic rings. The fraction of sp³-hybridized carbons (Fsp3) is 0.214. The first kappa shape index (κ1) is 16.7. The molecule has 0 radical (unpaired) electrons. The molecule has 5 nitrogen and oxygen atoms in total. The van der Waals surface area contributed by atoms with Gasteiger partial charge in [0.15, 0.2) is 10.2 Å². The van der Waals surface area contributed by atoms with Gasteiger partial charge in [0, 0.05) is 23.8 Å². The van der Waals surface area contributed by atoms with Crippen molar-refractivity contribution in [1.29, 1.82) is 0 Å². The number of hydrazone groups is 1. The van der Waals surface area contributed by atoms with Gasteiger partial charge in [-0.25, -0.2) is 0 Å². The van der Waals surface area contributed by atoms with E-state index in [-0.39, 0.29) is 11.2 Å². The summed E-state index contributed by atoms with van der Waals surface area (Å²) in [5.41, 5.74) is 4.37. The summed E-state index contributed by atoms with van der Waals surface area (Å²) in [5, 5.41) is 9.63. The van der Waals surface area contributed by atoms with E-state index in [0.29, 0.717) is 21.4 Å². The monoisotopic (exact) mass is 386 g/mol. The number of carbonyl (C=O) groups excluding carboxylic acids is 1. The van der Waals surface area contributed by atoms with E-state index in [4.69, 9.17) is 23.2 Å². The summed E-state index contributed by atoms with van der Waals surface area (Å²) in [6, 6.07) is 6.87. The fourth-order valence-corrected chi connectivity index (χ4v) is 4.40. The third-order valence-corrected chi connectivity index (χ3v) is 5.83. The van der Waals surface area contributed by atoms with Crippen LogP contribution in [0.15, 0.2) is 35.6 Å². The highest BCUT2D eigenvalue weighted by Crippen LogP contribution is 2.37. The van der Waals surface area contributed by atoms with Crippen LogP contribution in [0, 0.1) is 0 Å². The van der Waals surface area contributed by atoms with Crippen LogP contribution in [0.2, 0.25) is 10.0 Å². The van der Waals surface area contributed by atoms with Crippen LogP contribution in [0.3, 0.4) is 0 Å². The number of hydrogen-bond acceptors (Lipinski definition) is 6. The Hall–Kier alpha value is -1.15. The van der Waals surface area contributed by atoms with Crippen LogP contribution in [-0.2, 0) is 7.05 Å². The van der Waals surface area contributed by atoms with E-state index < -0.39 is 0 Å². The molecule has 0 aliphatic carbocycles. The molecular formula is C14H12Cl2N4OS2. The van der Waals surface area contributed by atoms with E-state index >= 15 is 0 Å². The van der Waals surface area contributed by atoms with Crippen LogP contribution in [-0.4, -0.2) is 25.7 Å². The number of ketones is 1. The summed E-state index contributed by atoms with van der Waals surface area (Å²) in [6.45, 7) is 0. The summed E-state index contributed by atoms with van der Waals surface area (Å²) in [6.07, 6.45) is 1.74. The molecule has 0 fully saturated rings. The summed E-state index contributed by atoms with van der Waals surface area (Å²) < 4.78 is 2.45. The molecule has 3 rings (SSSR count). The molecule has 0 saturated heterocycles. The molecule has 9 heteroatoms. The number of rotatable bonds is 4. The van der Waals surface area contributed by atoms with Gasteiger partial charge < -0.3 is 0 Å². The van der Waals surface area contributed by atoms with Gasteiger partial charge in [-0.3, -0.25) is 14.9 Å². The van der Waals surface area contributed by atoms with Gasteiger partial charge in [0.05, 0.1) is 10.8 Å². The third kappa shape index (κ3) is 4.03. The Morgan fingerprint density at radius 2 is 2.13 bits per heavy atom. The quantitative estimate of drug-likeness (QED) is 0.806. The van der Waals surface area contributed by atoms with E-state index in [1.165, 1.54) is 23.5 Å². The lowest BCUT2D eigenvalue weighted by Gasteiger charge is -2.05. The van der Waals surface area contributed by atoms with Crippen molar-refractivity contribution in [2.45, 2.75) is 5.37 Å². The van der Waals surface area contributed by atoms with E-state index in [2.05, 4.69) is 15.6 Å². The Balaban J connectivity index is 1.55. The first-order valence-electron chi connectivity index (χ1n) is 6.63. The molecule has 0 unspecified atom stereocenters. The van der Waals surface area contributed by atoms with E-state index in [1.54, 1.807) is 35.1 Å². The Morgan fingerprint density at radius 1 is 1.39 bits per heavy atom. The number of thioether (sulfide) groups is 2. The fourth-order valence-electron chi connectivity index (χ4n) is 1.95. The molecule has 2 heterocycles. The number of benzene rings is 1. The van der Waals surface area contributed by atoms with Crippen molar-refractivity contribution in [3.05, 3.63) is 51.8 Å². The lowest BCUT2D eigenvalue weighted by atomic mass is 10.1. The van der Waals surface area contributed by atoms with Crippen molar-refractivity contribution < 1.29 is 4.79 Å². The molecule has 1 aromatic heterocycles. The van der Waals surface area contributed by atoms with Gasteiger partial charge >= 0.3 is 0 Å². The standard InChI is InChI=1S/C14H12Cl2N4OS2/c1-20-6-10(16)12(19-20)13-17-18-14(23-13)22-7-11(21)8-2-4-9(15)5-3-8/h2-6,13,17H,7H2,1H3/t13-/m1/s1. The predicted molar refractivity (Wildman–Crippen MR) is 97.4 cm³/mol. The number of nitrogens with zero attached hydrogens (tertiary/aromatic N) is 3. The van der Waals surface area contributed by atoms with Gasteiger partial charge in [-0.15, -0.1) is 0 Å². The normalized spacial score (nSPS) is 17.0. The maximum atomic E-state index is 12.1. The smallest absolute Gasteiger partial charge is 0.173 e. The summed E-state index contributed by atoms with van der Waals surface area (Å²) >= 11 is 14.8. The van der Waals surface area contributed by atoms with Gasteiger partial charge in [-0.2, -0.15) is 10.2 Å². The molecule has 1 atom stereocenters. The highest BCUT2D eigenvalue weighted by molar-refractivity contribution is 8.39. The molecule has 1 aromatic carbocycles. The lowest BCUT2D eigenvalue weighted by molar-refractivity contribution is 0.102. The minimum Gasteiger partial charge on any atom is -0.293 e. The second kappa shape index (κ2) is 7.17. The van der Waals surface area contributed by atoms with Crippen LogP contribution in [0.25, 0.3) is 0 Å². The SMILES string of the molecule is Cn1cc(Cl)c([C@@H]2NN=C(SCC(=O)c3ccc(Cl)cc3)S2)n1. The summed E-state index contributed by atoms with van der Waals surface area (Å²) in [7, 11) is 1.82. The Bertz CT molecular complexity index is 761. The Labute approximate surface area is 151 Å². The number of Topliss-reactive ketones (excluding diaryl/α,β-unsaturated/α-hetero) is 1. The number of aryl methyl sites for hydroxylation is 1. The first-order chi connectivity index (χ1) is 11.0. The predicted octanol–water partition coefficient (Wildman–Crippen LogP) is 3.95. The van der Waals surface area contributed by atoms with Gasteiger partial charge in [0.25, 0.3) is 0 Å². The molecular weight excluding hydrogens is 375 g/mol. The Kier molecular flexibility index (Phi) is 5.21. The van der Waals surface area contributed by atoms with Crippen LogP contribution in [0.5, 0.6) is 0 Å². The maximum absolute atomic E-state index is 12.1. The number of hydrogen-bond donors (Lipinski definition) is 1. The van der Waals surface area contributed by atoms with Crippen LogP contribution >= 0.6 is 46.7 Å². The third-order valence-electron chi connectivity index (χ3n) is 3.04. The van der Waals surface area contributed by atoms with Crippen LogP contribution in [0.1, 0.15) is 21.4 Å². The zero-order chi connectivity index (χ0) is 16.4. The second-order valence-corrected chi connectivity index (χ2v) is 7.92. The van der Waals surface area contributed by atoms with Gasteiger partial charge in [0.1, 0.15) is 11.1 Å². The molecule has 1 N–H and O–H groups in total. The molecule has 1 aliphatic rings. The van der Waals surface area contributed by atoms with Gasteiger partial charge in [-0.05, 0) is 24.3 Å². The van der Waals surface area contributed by atoms with Crippen molar-refractivity contribution in [2.75, 3.05) is 5.75 Å². The van der Waals surface area contributed by atoms with Gasteiger partial charge in [-0.1, -0.05) is 46.7 Å². The molecule has 0 saturated carbocycles. The largest absolute Gasteiger partial charge is 0.293 e. The highest BCUT2D eigenvalue weighted by atomic mass is 35.5. The molecule has 0 spiro atoms. The van der Waals surface area contributed by atoms with Gasteiger partial charge in [0.2, 0.25) is 0 Å². The van der Waals surface area contributed by atoms with Crippen LogP contribution in [0.4, 0.5) is 0 Å². The molecule has 0 amide bonds. The topological polar surface area (TPSA) is 59.3 Å². The van der Waals surface area contributed by atoms with E-state index in [0.717, 1.165) is 10.1 Å². The first-order valence-corrected chi connectivity index (χ1v) is 9.25. The molecule has 120 valence electrons. The number of aromatic nitrogens is 2. The highest BCUT2D eigenvalue weighted by Gasteiger charge is 2.26. The van der Waals surface area contributed by atoms with Crippen molar-refractivity contribution in [1.82, 2.24) is 15.2 Å². The average Bonchev–Trinajstić information content (AvgIpc) is 3.11. The zero-order valence-electron chi connectivity index (χ0n) is 12.0. The van der Waals surface area contributed by atoms with Crippen molar-refractivity contribution in [2.24, 2.45) is 12.1 Å². The van der Waals surface area contributed by atoms with E-state index in [1.807, 2.05) is 7.05 Å². The summed E-state index contributed by atoms with van der Waals surface area (Å²) in [4.78, 5) is 12.1. The van der Waals surface area contributed by atoms with Crippen molar-refractivity contribution >= 4 is 56.9 Å². The van der Waals surface area contributed by atoms with Crippen molar-refractivity contribution in [3.63, 3.8) is 0 Å². The number of carbonyl (C=O) groups is 1. The minimum atomic E-state index is -0.128. The average molecular weight is 387 g/mol. The molecule has 23 heavy (non-hydrogen) atoms. The second-order valence-electron chi connectivity index (χ2n) is 4.76. The maximum Gasteiger partial charge on any atom is 0.173 e. The number of halogens is 2. The minimum absolute atomic E-state index is 0.0364. The van der Waals surface area contributed by atoms with Crippen LogP contribution < -0.4 is 5.43 Å². The van der Waals surface area contributed by atoms with E-state index in [9.17, 15) is 4.79 Å². The molecule has 1 aliphatic heterocycles.